The maximum Gasteiger partial charge on any atom is 0.358 e. The molecule has 1 saturated carbocycles. The van der Waals surface area contributed by atoms with Crippen molar-refractivity contribution in [1.29, 1.82) is 5.41 Å². The van der Waals surface area contributed by atoms with Gasteiger partial charge in [-0.05, 0) is 48.8 Å². The number of hydrogen-bond donors (Lipinski definition) is 3. The van der Waals surface area contributed by atoms with E-state index in [0.29, 0.717) is 21.8 Å². The molecule has 2 heterocycles. The van der Waals surface area contributed by atoms with Gasteiger partial charge in [0.05, 0.1) is 17.2 Å². The van der Waals surface area contributed by atoms with Crippen LogP contribution in [0.4, 0.5) is 0 Å². The van der Waals surface area contributed by atoms with Gasteiger partial charge in [0, 0.05) is 42.2 Å². The van der Waals surface area contributed by atoms with Gasteiger partial charge in [-0.15, -0.1) is 0 Å². The number of likely N-dealkylation sites (tertiary alicyclic amines) is 1. The van der Waals surface area contributed by atoms with Gasteiger partial charge in [-0.1, -0.05) is 17.7 Å². The van der Waals surface area contributed by atoms with E-state index in [-0.39, 0.29) is 12.9 Å². The number of nitrogens with two attached hydrogens (primary N) is 1. The second-order valence-corrected chi connectivity index (χ2v) is 9.61. The molecular formula is C20H25ClIN5O4. The second kappa shape index (κ2) is 9.59. The van der Waals surface area contributed by atoms with Crippen molar-refractivity contribution < 1.29 is 19.1 Å². The van der Waals surface area contributed by atoms with Crippen LogP contribution in [0.1, 0.15) is 31.2 Å². The highest BCUT2D eigenvalue weighted by atomic mass is 127. The monoisotopic (exact) mass is 561 g/mol. The first-order valence-corrected chi connectivity index (χ1v) is 11.4. The molecule has 1 saturated heterocycles. The van der Waals surface area contributed by atoms with Crippen molar-refractivity contribution in [2.75, 3.05) is 13.1 Å². The van der Waals surface area contributed by atoms with Gasteiger partial charge in [-0.3, -0.25) is 10.3 Å². The van der Waals surface area contributed by atoms with E-state index in [1.165, 1.54) is 25.7 Å². The molecule has 4 rings (SSSR count). The van der Waals surface area contributed by atoms with Crippen LogP contribution in [-0.4, -0.2) is 46.0 Å². The standard InChI is InChI=1S/C20H25ClIN5O4/c21-15-9-13(1-2-16(15)30-12-23)11-29-17-14(18(28)31-24)10-25-19(27(17)22)26-7-5-20(3-4-20)6-8-26/h1-2,9-10,12,17,19,23,25H,3-8,11,24H2. The molecule has 2 atom stereocenters. The van der Waals surface area contributed by atoms with E-state index in [4.69, 9.17) is 32.4 Å². The lowest BCUT2D eigenvalue weighted by Crippen LogP contribution is -2.60. The Labute approximate surface area is 199 Å². The lowest BCUT2D eigenvalue weighted by Gasteiger charge is -2.45. The molecule has 0 bridgehead atoms. The lowest BCUT2D eigenvalue weighted by atomic mass is 9.94. The summed E-state index contributed by atoms with van der Waals surface area (Å²) in [5, 5.41) is 10.7. The number of piperidine rings is 1. The van der Waals surface area contributed by atoms with Gasteiger partial charge < -0.3 is 19.6 Å². The smallest absolute Gasteiger partial charge is 0.358 e. The summed E-state index contributed by atoms with van der Waals surface area (Å²) in [6.45, 7) is 2.21. The molecule has 2 unspecified atom stereocenters. The Hall–Kier alpha value is -1.44. The van der Waals surface area contributed by atoms with E-state index in [0.717, 1.165) is 25.1 Å². The summed E-state index contributed by atoms with van der Waals surface area (Å²) < 4.78 is 13.1. The van der Waals surface area contributed by atoms with Crippen molar-refractivity contribution >= 4 is 46.8 Å². The number of nitrogens with zero attached hydrogens (tertiary/aromatic N) is 2. The Balaban J connectivity index is 1.46. The maximum absolute atomic E-state index is 12.2. The maximum atomic E-state index is 12.2. The molecule has 11 heteroatoms. The molecule has 31 heavy (non-hydrogen) atoms. The van der Waals surface area contributed by atoms with Crippen molar-refractivity contribution in [2.24, 2.45) is 11.3 Å². The van der Waals surface area contributed by atoms with Crippen LogP contribution in [0.5, 0.6) is 5.75 Å². The number of rotatable bonds is 7. The molecule has 168 valence electrons. The molecule has 0 radical (unpaired) electrons. The first kappa shape index (κ1) is 22.7. The molecule has 9 nitrogen and oxygen atoms in total. The zero-order valence-corrected chi connectivity index (χ0v) is 19.8. The van der Waals surface area contributed by atoms with Gasteiger partial charge >= 0.3 is 5.97 Å². The number of hydrogen-bond acceptors (Lipinski definition) is 9. The number of carbonyl (C=O) groups excluding carboxylic acids is 1. The average Bonchev–Trinajstić information content (AvgIpc) is 3.53. The first-order chi connectivity index (χ1) is 15.0. The predicted octanol–water partition coefficient (Wildman–Crippen LogP) is 2.88. The minimum Gasteiger partial charge on any atom is -0.445 e. The van der Waals surface area contributed by atoms with Crippen LogP contribution in [0.15, 0.2) is 30.0 Å². The number of ether oxygens (including phenoxy) is 2. The molecule has 1 spiro atoms. The SMILES string of the molecule is N=COc1ccc(COC2C(C(=O)ON)=CNC(N3CCC4(CC3)CC4)N2I)cc1Cl. The van der Waals surface area contributed by atoms with E-state index in [1.54, 1.807) is 24.4 Å². The molecule has 0 aromatic heterocycles. The van der Waals surface area contributed by atoms with Gasteiger partial charge in [0.2, 0.25) is 0 Å². The minimum atomic E-state index is -0.656. The van der Waals surface area contributed by atoms with Gasteiger partial charge in [-0.25, -0.2) is 4.79 Å². The number of carbonyl (C=O) groups is 1. The summed E-state index contributed by atoms with van der Waals surface area (Å²) in [7, 11) is 0. The van der Waals surface area contributed by atoms with Crippen molar-refractivity contribution in [3.63, 3.8) is 0 Å². The largest absolute Gasteiger partial charge is 0.445 e. The van der Waals surface area contributed by atoms with Crippen LogP contribution < -0.4 is 16.0 Å². The highest BCUT2D eigenvalue weighted by molar-refractivity contribution is 14.1. The van der Waals surface area contributed by atoms with E-state index in [1.807, 2.05) is 3.11 Å². The Morgan fingerprint density at radius 3 is 2.71 bits per heavy atom. The quantitative estimate of drug-likeness (QED) is 0.153. The molecule has 1 aromatic carbocycles. The summed E-state index contributed by atoms with van der Waals surface area (Å²) >= 11 is 8.38. The Morgan fingerprint density at radius 2 is 2.10 bits per heavy atom. The lowest BCUT2D eigenvalue weighted by molar-refractivity contribution is -0.144. The topological polar surface area (TPSA) is 113 Å². The van der Waals surface area contributed by atoms with Crippen LogP contribution in [0, 0.1) is 10.8 Å². The normalized spacial score (nSPS) is 25.5. The van der Waals surface area contributed by atoms with Crippen molar-refractivity contribution in [3.8, 4) is 5.75 Å². The third-order valence-corrected chi connectivity index (χ3v) is 7.54. The molecule has 4 N–H and O–H groups in total. The summed E-state index contributed by atoms with van der Waals surface area (Å²) in [6.07, 6.45) is 6.78. The van der Waals surface area contributed by atoms with Crippen molar-refractivity contribution in [2.45, 2.75) is 44.8 Å². The third-order valence-electron chi connectivity index (χ3n) is 6.21. The zero-order chi connectivity index (χ0) is 22.0. The van der Waals surface area contributed by atoms with Crippen LogP contribution in [0.3, 0.4) is 0 Å². The van der Waals surface area contributed by atoms with Gasteiger partial charge in [0.1, 0.15) is 12.0 Å². The average molecular weight is 562 g/mol. The van der Waals surface area contributed by atoms with Crippen molar-refractivity contribution in [1.82, 2.24) is 13.3 Å². The fourth-order valence-electron chi connectivity index (χ4n) is 4.11. The fourth-order valence-corrected chi connectivity index (χ4v) is 5.33. The number of benzene rings is 1. The van der Waals surface area contributed by atoms with Crippen LogP contribution >= 0.6 is 34.5 Å². The van der Waals surface area contributed by atoms with Gasteiger partial charge in [-0.2, -0.15) is 9.01 Å². The highest BCUT2D eigenvalue weighted by Gasteiger charge is 2.47. The van der Waals surface area contributed by atoms with Gasteiger partial charge in [0.15, 0.2) is 12.6 Å². The Bertz CT molecular complexity index is 871. The van der Waals surface area contributed by atoms with E-state index >= 15 is 0 Å². The first-order valence-electron chi connectivity index (χ1n) is 10.1. The molecule has 0 amide bonds. The van der Waals surface area contributed by atoms with Crippen LogP contribution in [0.2, 0.25) is 5.02 Å². The van der Waals surface area contributed by atoms with Crippen LogP contribution in [-0.2, 0) is 21.0 Å². The molecule has 1 aromatic rings. The predicted molar refractivity (Wildman–Crippen MR) is 123 cm³/mol. The number of halogens is 2. The summed E-state index contributed by atoms with van der Waals surface area (Å²) in [6, 6.07) is 5.18. The van der Waals surface area contributed by atoms with E-state index < -0.39 is 12.2 Å². The molecule has 2 fully saturated rings. The Morgan fingerprint density at radius 1 is 1.35 bits per heavy atom. The summed E-state index contributed by atoms with van der Waals surface area (Å²) in [5.41, 5.74) is 1.67. The highest BCUT2D eigenvalue weighted by Crippen LogP contribution is 2.53. The van der Waals surface area contributed by atoms with Gasteiger partial charge in [0.25, 0.3) is 0 Å². The number of nitrogens with one attached hydrogen (secondary N) is 2. The zero-order valence-electron chi connectivity index (χ0n) is 16.9. The third kappa shape index (κ3) is 4.99. The van der Waals surface area contributed by atoms with Crippen molar-refractivity contribution in [3.05, 3.63) is 40.6 Å². The molecular weight excluding hydrogens is 537 g/mol. The molecule has 3 aliphatic rings. The minimum absolute atomic E-state index is 0.108. The molecule has 1 aliphatic carbocycles. The summed E-state index contributed by atoms with van der Waals surface area (Å²) in [5.74, 6) is 4.88. The Kier molecular flexibility index (Phi) is 7.04. The van der Waals surface area contributed by atoms with Crippen LogP contribution in [0.25, 0.3) is 0 Å². The van der Waals surface area contributed by atoms with E-state index in [9.17, 15) is 4.79 Å². The summed E-state index contributed by atoms with van der Waals surface area (Å²) in [4.78, 5) is 19.1. The second-order valence-electron chi connectivity index (χ2n) is 8.09. The fraction of sp³-hybridized carbons (Fsp3) is 0.500. The van der Waals surface area contributed by atoms with E-state index in [2.05, 4.69) is 37.9 Å². The molecule has 2 aliphatic heterocycles.